The maximum atomic E-state index is 9.91. The van der Waals surface area contributed by atoms with Crippen LogP contribution in [0.2, 0.25) is 0 Å². The van der Waals surface area contributed by atoms with Gasteiger partial charge in [-0.15, -0.1) is 0 Å². The molecule has 0 amide bonds. The van der Waals surface area contributed by atoms with Crippen LogP contribution >= 0.6 is 0 Å². The van der Waals surface area contributed by atoms with Crippen LogP contribution in [0, 0.1) is 5.92 Å². The van der Waals surface area contributed by atoms with Crippen molar-refractivity contribution in [3.63, 3.8) is 0 Å². The van der Waals surface area contributed by atoms with E-state index in [1.54, 1.807) is 0 Å². The van der Waals surface area contributed by atoms with Crippen molar-refractivity contribution in [2.75, 3.05) is 13.2 Å². The normalized spacial score (nSPS) is 9.10. The summed E-state index contributed by atoms with van der Waals surface area (Å²) in [6.45, 7) is -0.550. The van der Waals surface area contributed by atoms with Crippen LogP contribution in [0.1, 0.15) is 6.42 Å². The van der Waals surface area contributed by atoms with Crippen LogP contribution in [0.4, 0.5) is 0 Å². The Morgan fingerprint density at radius 2 is 1.70 bits per heavy atom. The molecule has 0 spiro atoms. The maximum absolute atomic E-state index is 9.91. The fourth-order valence-corrected chi connectivity index (χ4v) is 0.434. The van der Waals surface area contributed by atoms with Crippen LogP contribution in [-0.4, -0.2) is 53.4 Å². The average molecular weight is 142 g/mol. The SMILES string of the molecule is O=C(O)CC(CO)CO.[LiH]. The topological polar surface area (TPSA) is 77.8 Å². The molecule has 0 bridgehead atoms. The summed E-state index contributed by atoms with van der Waals surface area (Å²) < 4.78 is 0. The molecule has 0 radical (unpaired) electrons. The van der Waals surface area contributed by atoms with Gasteiger partial charge in [-0.25, -0.2) is 0 Å². The third kappa shape index (κ3) is 6.11. The van der Waals surface area contributed by atoms with Crippen molar-refractivity contribution in [1.82, 2.24) is 0 Å². The van der Waals surface area contributed by atoms with Gasteiger partial charge >= 0.3 is 24.8 Å². The summed E-state index contributed by atoms with van der Waals surface area (Å²) in [5.74, 6) is -1.51. The summed E-state index contributed by atoms with van der Waals surface area (Å²) in [6, 6.07) is 0. The third-order valence-corrected chi connectivity index (χ3v) is 0.980. The van der Waals surface area contributed by atoms with E-state index in [4.69, 9.17) is 15.3 Å². The molecular formula is C5H11LiO4. The van der Waals surface area contributed by atoms with Gasteiger partial charge in [0.25, 0.3) is 0 Å². The van der Waals surface area contributed by atoms with Gasteiger partial charge in [-0.2, -0.15) is 0 Å². The molecule has 0 unspecified atom stereocenters. The number of aliphatic hydroxyl groups is 2. The molecule has 0 heterocycles. The first-order chi connectivity index (χ1) is 4.20. The minimum atomic E-state index is -0.997. The van der Waals surface area contributed by atoms with Crippen molar-refractivity contribution in [3.05, 3.63) is 0 Å². The molecule has 0 aliphatic carbocycles. The molecular weight excluding hydrogens is 131 g/mol. The van der Waals surface area contributed by atoms with Crippen LogP contribution in [0.3, 0.4) is 0 Å². The summed E-state index contributed by atoms with van der Waals surface area (Å²) in [7, 11) is 0. The first-order valence-electron chi connectivity index (χ1n) is 2.64. The molecule has 5 heteroatoms. The van der Waals surface area contributed by atoms with E-state index in [1.807, 2.05) is 0 Å². The molecule has 10 heavy (non-hydrogen) atoms. The molecule has 56 valence electrons. The fourth-order valence-electron chi connectivity index (χ4n) is 0.434. The van der Waals surface area contributed by atoms with E-state index in [2.05, 4.69) is 0 Å². The Bertz CT molecular complexity index is 91.6. The number of aliphatic carboxylic acids is 1. The fraction of sp³-hybridized carbons (Fsp3) is 0.800. The van der Waals surface area contributed by atoms with Gasteiger partial charge in [0.05, 0.1) is 6.42 Å². The second-order valence-electron chi connectivity index (χ2n) is 1.83. The van der Waals surface area contributed by atoms with Crippen LogP contribution in [0.25, 0.3) is 0 Å². The van der Waals surface area contributed by atoms with Crippen LogP contribution in [0.5, 0.6) is 0 Å². The van der Waals surface area contributed by atoms with E-state index in [0.29, 0.717) is 0 Å². The molecule has 0 aromatic heterocycles. The molecule has 0 saturated heterocycles. The minimum absolute atomic E-state index is 0. The third-order valence-electron chi connectivity index (χ3n) is 0.980. The van der Waals surface area contributed by atoms with Gasteiger partial charge in [0.2, 0.25) is 0 Å². The molecule has 0 atom stereocenters. The summed E-state index contributed by atoms with van der Waals surface area (Å²) >= 11 is 0. The molecule has 0 rings (SSSR count). The van der Waals surface area contributed by atoms with Gasteiger partial charge in [0.1, 0.15) is 0 Å². The van der Waals surface area contributed by atoms with Gasteiger partial charge < -0.3 is 15.3 Å². The number of carboxylic acids is 1. The predicted molar refractivity (Wildman–Crippen MR) is 37.1 cm³/mol. The molecule has 0 aromatic carbocycles. The monoisotopic (exact) mass is 142 g/mol. The molecule has 0 aromatic rings. The quantitative estimate of drug-likeness (QED) is 0.414. The summed E-state index contributed by atoms with van der Waals surface area (Å²) in [4.78, 5) is 9.91. The van der Waals surface area contributed by atoms with Crippen molar-refractivity contribution < 1.29 is 20.1 Å². The molecule has 0 aliphatic rings. The van der Waals surface area contributed by atoms with Crippen LogP contribution in [0.15, 0.2) is 0 Å². The van der Waals surface area contributed by atoms with E-state index in [1.165, 1.54) is 0 Å². The zero-order chi connectivity index (χ0) is 7.28. The van der Waals surface area contributed by atoms with Gasteiger partial charge in [-0.05, 0) is 0 Å². The standard InChI is InChI=1S/C5H10O4.Li.H/c6-2-4(3-7)1-5(8)9;;/h4,6-7H,1-3H2,(H,8,9);;. The van der Waals surface area contributed by atoms with E-state index in [-0.39, 0.29) is 38.5 Å². The molecule has 0 fully saturated rings. The number of rotatable bonds is 4. The molecule has 0 saturated carbocycles. The number of hydrogen-bond donors (Lipinski definition) is 3. The number of aliphatic hydroxyl groups excluding tert-OH is 2. The Labute approximate surface area is 71.0 Å². The van der Waals surface area contributed by atoms with Crippen molar-refractivity contribution in [3.8, 4) is 0 Å². The number of hydrogen-bond acceptors (Lipinski definition) is 3. The zero-order valence-electron chi connectivity index (χ0n) is 4.95. The Hall–Kier alpha value is -0.0126. The Kier molecular flexibility index (Phi) is 8.98. The molecule has 4 nitrogen and oxygen atoms in total. The van der Waals surface area contributed by atoms with E-state index in [9.17, 15) is 4.79 Å². The summed E-state index contributed by atoms with van der Waals surface area (Å²) in [5.41, 5.74) is 0. The average Bonchev–Trinajstić information content (AvgIpc) is 1.82. The number of carbonyl (C=O) groups is 1. The van der Waals surface area contributed by atoms with Crippen molar-refractivity contribution in [2.24, 2.45) is 5.92 Å². The first-order valence-corrected chi connectivity index (χ1v) is 2.64. The van der Waals surface area contributed by atoms with Crippen molar-refractivity contribution in [2.45, 2.75) is 6.42 Å². The molecule has 0 aliphatic heterocycles. The molecule has 3 N–H and O–H groups in total. The van der Waals surface area contributed by atoms with E-state index >= 15 is 0 Å². The van der Waals surface area contributed by atoms with Gasteiger partial charge in [0.15, 0.2) is 0 Å². The van der Waals surface area contributed by atoms with E-state index < -0.39 is 11.9 Å². The Morgan fingerprint density at radius 1 is 1.30 bits per heavy atom. The van der Waals surface area contributed by atoms with Crippen LogP contribution in [-0.2, 0) is 4.79 Å². The zero-order valence-corrected chi connectivity index (χ0v) is 4.95. The van der Waals surface area contributed by atoms with Gasteiger partial charge in [0, 0.05) is 19.1 Å². The van der Waals surface area contributed by atoms with E-state index in [0.717, 1.165) is 0 Å². The number of carboxylic acid groups (broad SMARTS) is 1. The van der Waals surface area contributed by atoms with Crippen molar-refractivity contribution >= 4 is 24.8 Å². The van der Waals surface area contributed by atoms with Crippen molar-refractivity contribution in [1.29, 1.82) is 0 Å². The Morgan fingerprint density at radius 3 is 1.80 bits per heavy atom. The summed E-state index contributed by atoms with van der Waals surface area (Å²) in [5, 5.41) is 24.8. The summed E-state index contributed by atoms with van der Waals surface area (Å²) in [6.07, 6.45) is -0.174. The predicted octanol–water partition coefficient (Wildman–Crippen LogP) is -1.59. The van der Waals surface area contributed by atoms with Gasteiger partial charge in [-0.1, -0.05) is 0 Å². The Balaban J connectivity index is 0. The van der Waals surface area contributed by atoms with Crippen LogP contribution < -0.4 is 0 Å². The second kappa shape index (κ2) is 7.10. The first kappa shape index (κ1) is 12.6. The van der Waals surface area contributed by atoms with Gasteiger partial charge in [-0.3, -0.25) is 4.79 Å². The second-order valence-corrected chi connectivity index (χ2v) is 1.83.